The Morgan fingerprint density at radius 2 is 2.20 bits per heavy atom. The van der Waals surface area contributed by atoms with Crippen LogP contribution in [0.3, 0.4) is 0 Å². The summed E-state index contributed by atoms with van der Waals surface area (Å²) in [5.74, 6) is 5.76. The average molecular weight is 304 g/mol. The number of carbonyl (C=O) groups is 1. The molecule has 104 valence electrons. The zero-order valence-electron chi connectivity index (χ0n) is 11.4. The van der Waals surface area contributed by atoms with Crippen LogP contribution in [0.5, 0.6) is 0 Å². The van der Waals surface area contributed by atoms with Crippen LogP contribution in [0.1, 0.15) is 30.6 Å². The van der Waals surface area contributed by atoms with Gasteiger partial charge in [-0.05, 0) is 42.5 Å². The fourth-order valence-corrected chi connectivity index (χ4v) is 3.49. The fourth-order valence-electron chi connectivity index (χ4n) is 1.68. The van der Waals surface area contributed by atoms with Crippen LogP contribution in [0, 0.1) is 25.7 Å². The Balaban J connectivity index is 2.04. The molecule has 0 bridgehead atoms. The summed E-state index contributed by atoms with van der Waals surface area (Å²) in [6.45, 7) is 4.91. The van der Waals surface area contributed by atoms with E-state index in [0.29, 0.717) is 18.0 Å². The fraction of sp³-hybridized carbons (Fsp3) is 0.267. The molecule has 2 aromatic heterocycles. The van der Waals surface area contributed by atoms with Crippen LogP contribution in [0.2, 0.25) is 0 Å². The standard InChI is InChI=1S/C15H16N2OS2/c1-10-5-7-19-14(10)9-17-15(18)13-8-11(2)12(20-13)4-3-6-16/h5,7-8H,6,9,16H2,1-2H3,(H,17,18). The lowest BCUT2D eigenvalue weighted by Crippen LogP contribution is -2.21. The van der Waals surface area contributed by atoms with Crippen molar-refractivity contribution in [2.75, 3.05) is 6.54 Å². The predicted octanol–water partition coefficient (Wildman–Crippen LogP) is 2.67. The maximum Gasteiger partial charge on any atom is 0.261 e. The van der Waals surface area contributed by atoms with Crippen LogP contribution in [0.15, 0.2) is 17.5 Å². The van der Waals surface area contributed by atoms with Gasteiger partial charge in [0.2, 0.25) is 0 Å². The minimum atomic E-state index is -0.0494. The van der Waals surface area contributed by atoms with Crippen molar-refractivity contribution in [2.24, 2.45) is 5.73 Å². The molecule has 0 fully saturated rings. The number of aryl methyl sites for hydroxylation is 2. The van der Waals surface area contributed by atoms with Gasteiger partial charge in [0.25, 0.3) is 5.91 Å². The molecule has 3 N–H and O–H groups in total. The first-order chi connectivity index (χ1) is 9.61. The average Bonchev–Trinajstić information content (AvgIpc) is 3.00. The number of nitrogens with two attached hydrogens (primary N) is 1. The van der Waals surface area contributed by atoms with Gasteiger partial charge < -0.3 is 11.1 Å². The normalized spacial score (nSPS) is 9.95. The molecular formula is C15H16N2OS2. The Kier molecular flexibility index (Phi) is 4.96. The zero-order chi connectivity index (χ0) is 14.5. The molecule has 3 nitrogen and oxygen atoms in total. The number of amides is 1. The smallest absolute Gasteiger partial charge is 0.261 e. The van der Waals surface area contributed by atoms with Crippen LogP contribution >= 0.6 is 22.7 Å². The second-order valence-electron chi connectivity index (χ2n) is 4.34. The molecule has 2 aromatic rings. The van der Waals surface area contributed by atoms with Crippen molar-refractivity contribution in [3.8, 4) is 11.8 Å². The lowest BCUT2D eigenvalue weighted by atomic mass is 10.2. The first-order valence-corrected chi connectivity index (χ1v) is 7.92. The summed E-state index contributed by atoms with van der Waals surface area (Å²) in [4.78, 5) is 14.9. The largest absolute Gasteiger partial charge is 0.346 e. The van der Waals surface area contributed by atoms with E-state index in [1.54, 1.807) is 11.3 Å². The number of nitrogens with one attached hydrogen (secondary N) is 1. The second-order valence-corrected chi connectivity index (χ2v) is 6.39. The van der Waals surface area contributed by atoms with Gasteiger partial charge in [-0.1, -0.05) is 11.8 Å². The maximum atomic E-state index is 12.1. The lowest BCUT2D eigenvalue weighted by molar-refractivity contribution is 0.0955. The Morgan fingerprint density at radius 1 is 1.40 bits per heavy atom. The van der Waals surface area contributed by atoms with Crippen LogP contribution < -0.4 is 11.1 Å². The van der Waals surface area contributed by atoms with Gasteiger partial charge in [0.05, 0.1) is 22.8 Å². The van der Waals surface area contributed by atoms with Gasteiger partial charge in [-0.15, -0.1) is 22.7 Å². The maximum absolute atomic E-state index is 12.1. The van der Waals surface area contributed by atoms with E-state index in [0.717, 1.165) is 10.4 Å². The molecule has 0 aliphatic heterocycles. The molecule has 0 unspecified atom stereocenters. The summed E-state index contributed by atoms with van der Waals surface area (Å²) in [5.41, 5.74) is 7.60. The first-order valence-electron chi connectivity index (χ1n) is 6.22. The minimum Gasteiger partial charge on any atom is -0.346 e. The lowest BCUT2D eigenvalue weighted by Gasteiger charge is -2.02. The molecule has 0 saturated heterocycles. The zero-order valence-corrected chi connectivity index (χ0v) is 13.1. The van der Waals surface area contributed by atoms with E-state index in [9.17, 15) is 4.79 Å². The van der Waals surface area contributed by atoms with Crippen LogP contribution in [-0.2, 0) is 6.54 Å². The van der Waals surface area contributed by atoms with Crippen molar-refractivity contribution in [3.63, 3.8) is 0 Å². The molecule has 0 saturated carbocycles. The van der Waals surface area contributed by atoms with Crippen LogP contribution in [-0.4, -0.2) is 12.5 Å². The third-order valence-electron chi connectivity index (χ3n) is 2.82. The van der Waals surface area contributed by atoms with Crippen LogP contribution in [0.4, 0.5) is 0 Å². The van der Waals surface area contributed by atoms with Crippen molar-refractivity contribution in [2.45, 2.75) is 20.4 Å². The quantitative estimate of drug-likeness (QED) is 0.857. The van der Waals surface area contributed by atoms with Crippen molar-refractivity contribution in [1.82, 2.24) is 5.32 Å². The summed E-state index contributed by atoms with van der Waals surface area (Å²) in [6, 6.07) is 3.93. The third-order valence-corrected chi connectivity index (χ3v) is 5.00. The van der Waals surface area contributed by atoms with E-state index in [-0.39, 0.29) is 5.91 Å². The highest BCUT2D eigenvalue weighted by Crippen LogP contribution is 2.21. The second kappa shape index (κ2) is 6.71. The van der Waals surface area contributed by atoms with E-state index < -0.39 is 0 Å². The van der Waals surface area contributed by atoms with Gasteiger partial charge in [-0.2, -0.15) is 0 Å². The van der Waals surface area contributed by atoms with Gasteiger partial charge >= 0.3 is 0 Å². The first kappa shape index (κ1) is 14.8. The highest BCUT2D eigenvalue weighted by atomic mass is 32.1. The Hall–Kier alpha value is -1.61. The van der Waals surface area contributed by atoms with Crippen LogP contribution in [0.25, 0.3) is 0 Å². The molecule has 0 aromatic carbocycles. The minimum absolute atomic E-state index is 0.0494. The monoisotopic (exact) mass is 304 g/mol. The predicted molar refractivity (Wildman–Crippen MR) is 85.2 cm³/mol. The molecule has 2 rings (SSSR count). The highest BCUT2D eigenvalue weighted by Gasteiger charge is 2.12. The Bertz CT molecular complexity index is 674. The molecule has 20 heavy (non-hydrogen) atoms. The molecule has 0 radical (unpaired) electrons. The van der Waals surface area contributed by atoms with Gasteiger partial charge in [0.1, 0.15) is 0 Å². The van der Waals surface area contributed by atoms with E-state index in [2.05, 4.69) is 23.2 Å². The summed E-state index contributed by atoms with van der Waals surface area (Å²) < 4.78 is 0. The molecule has 0 aliphatic carbocycles. The molecule has 0 aliphatic rings. The molecule has 0 spiro atoms. The number of carbonyl (C=O) groups excluding carboxylic acids is 1. The summed E-state index contributed by atoms with van der Waals surface area (Å²) in [7, 11) is 0. The van der Waals surface area contributed by atoms with Crippen molar-refractivity contribution >= 4 is 28.6 Å². The van der Waals surface area contributed by atoms with Gasteiger partial charge in [-0.3, -0.25) is 4.79 Å². The Morgan fingerprint density at radius 3 is 2.85 bits per heavy atom. The molecule has 2 heterocycles. The molecule has 0 atom stereocenters. The summed E-state index contributed by atoms with van der Waals surface area (Å²) in [6.07, 6.45) is 0. The third kappa shape index (κ3) is 3.48. The Labute approximate surface area is 126 Å². The summed E-state index contributed by atoms with van der Waals surface area (Å²) in [5, 5.41) is 4.98. The number of hydrogen-bond donors (Lipinski definition) is 2. The number of thiophene rings is 2. The van der Waals surface area contributed by atoms with Crippen molar-refractivity contribution in [1.29, 1.82) is 0 Å². The van der Waals surface area contributed by atoms with E-state index in [1.807, 2.05) is 25.3 Å². The molecule has 5 heteroatoms. The highest BCUT2D eigenvalue weighted by molar-refractivity contribution is 7.14. The van der Waals surface area contributed by atoms with Gasteiger partial charge in [-0.25, -0.2) is 0 Å². The summed E-state index contributed by atoms with van der Waals surface area (Å²) >= 11 is 3.07. The molecule has 1 amide bonds. The van der Waals surface area contributed by atoms with E-state index in [4.69, 9.17) is 5.73 Å². The number of hydrogen-bond acceptors (Lipinski definition) is 4. The van der Waals surface area contributed by atoms with Crippen molar-refractivity contribution in [3.05, 3.63) is 43.3 Å². The van der Waals surface area contributed by atoms with Gasteiger partial charge in [0.15, 0.2) is 0 Å². The van der Waals surface area contributed by atoms with E-state index in [1.165, 1.54) is 21.8 Å². The topological polar surface area (TPSA) is 55.1 Å². The van der Waals surface area contributed by atoms with Gasteiger partial charge in [0, 0.05) is 4.88 Å². The van der Waals surface area contributed by atoms with E-state index >= 15 is 0 Å². The SMILES string of the molecule is Cc1cc(C(=O)NCc2sccc2C)sc1C#CCN. The van der Waals surface area contributed by atoms with Crippen molar-refractivity contribution < 1.29 is 4.79 Å². The number of rotatable bonds is 3. The molecular weight excluding hydrogens is 288 g/mol.